The third-order valence-corrected chi connectivity index (χ3v) is 1.70. The van der Waals surface area contributed by atoms with Crippen LogP contribution in [-0.2, 0) is 14.9 Å². The molecule has 0 radical (unpaired) electrons. The summed E-state index contributed by atoms with van der Waals surface area (Å²) in [5.41, 5.74) is 0. The van der Waals surface area contributed by atoms with Gasteiger partial charge >= 0.3 is 29.6 Å². The molecule has 0 saturated carbocycles. The molecule has 2 N–H and O–H groups in total. The van der Waals surface area contributed by atoms with Crippen molar-refractivity contribution in [1.82, 2.24) is 0 Å². The Morgan fingerprint density at radius 2 is 1.92 bits per heavy atom. The first-order valence-corrected chi connectivity index (χ1v) is 4.82. The van der Waals surface area contributed by atoms with Crippen LogP contribution in [0.25, 0.3) is 0 Å². The van der Waals surface area contributed by atoms with Gasteiger partial charge in [-0.1, -0.05) is 0 Å². The quantitative estimate of drug-likeness (QED) is 0.275. The monoisotopic (exact) mass is 222 g/mol. The normalized spacial score (nSPS) is 16.0. The van der Waals surface area contributed by atoms with Crippen molar-refractivity contribution in [3.05, 3.63) is 0 Å². The molecule has 0 rings (SSSR count). The van der Waals surface area contributed by atoms with Crippen LogP contribution in [0.1, 0.15) is 6.92 Å². The van der Waals surface area contributed by atoms with E-state index < -0.39 is 34.9 Å². The van der Waals surface area contributed by atoms with Gasteiger partial charge < -0.3 is 19.5 Å². The Balaban J connectivity index is 0. The number of rotatable bonds is 5. The zero-order valence-corrected chi connectivity index (χ0v) is 10.3. The van der Waals surface area contributed by atoms with Crippen LogP contribution < -0.4 is 29.6 Å². The maximum atomic E-state index is 10.0. The second-order valence-corrected chi connectivity index (χ2v) is 3.79. The average molecular weight is 222 g/mol. The third-order valence-electron chi connectivity index (χ3n) is 1.03. The SMILES string of the molecule is CC(O)C(O)OCCS(=O)(=O)[O-].[Na+]. The fourth-order valence-electron chi connectivity index (χ4n) is 0.410. The van der Waals surface area contributed by atoms with Gasteiger partial charge in [0.1, 0.15) is 6.10 Å². The fraction of sp³-hybridized carbons (Fsp3) is 1.00. The van der Waals surface area contributed by atoms with Crippen molar-refractivity contribution >= 4 is 10.1 Å². The molecular weight excluding hydrogens is 211 g/mol. The van der Waals surface area contributed by atoms with Gasteiger partial charge in [0.2, 0.25) is 0 Å². The molecule has 74 valence electrons. The molecule has 0 aliphatic carbocycles. The minimum absolute atomic E-state index is 0. The molecule has 0 aliphatic rings. The van der Waals surface area contributed by atoms with E-state index in [2.05, 4.69) is 4.74 Å². The van der Waals surface area contributed by atoms with Gasteiger partial charge in [-0.2, -0.15) is 0 Å². The second kappa shape index (κ2) is 7.13. The Kier molecular flexibility index (Phi) is 8.90. The Morgan fingerprint density at radius 3 is 2.23 bits per heavy atom. The third kappa shape index (κ3) is 10.7. The van der Waals surface area contributed by atoms with Crippen LogP contribution in [0.3, 0.4) is 0 Å². The predicted molar refractivity (Wildman–Crippen MR) is 38.2 cm³/mol. The van der Waals surface area contributed by atoms with Crippen LogP contribution in [0.5, 0.6) is 0 Å². The number of hydrogen-bond acceptors (Lipinski definition) is 6. The smallest absolute Gasteiger partial charge is 0.748 e. The van der Waals surface area contributed by atoms with Crippen LogP contribution in [0, 0.1) is 0 Å². The van der Waals surface area contributed by atoms with Gasteiger partial charge in [-0.3, -0.25) is 0 Å². The van der Waals surface area contributed by atoms with E-state index >= 15 is 0 Å². The molecule has 0 amide bonds. The van der Waals surface area contributed by atoms with Crippen LogP contribution in [0.4, 0.5) is 0 Å². The number of aliphatic hydroxyl groups excluding tert-OH is 2. The summed E-state index contributed by atoms with van der Waals surface area (Å²) in [6.07, 6.45) is -2.56. The summed E-state index contributed by atoms with van der Waals surface area (Å²) in [7, 11) is -4.31. The molecule has 0 saturated heterocycles. The summed E-state index contributed by atoms with van der Waals surface area (Å²) in [6.45, 7) is 0.855. The van der Waals surface area contributed by atoms with Gasteiger partial charge in [0.15, 0.2) is 6.29 Å². The molecule has 0 aliphatic heterocycles. The molecular formula is C5H11NaO6S. The van der Waals surface area contributed by atoms with E-state index in [-0.39, 0.29) is 29.6 Å². The van der Waals surface area contributed by atoms with E-state index in [0.717, 1.165) is 0 Å². The largest absolute Gasteiger partial charge is 1.00 e. The van der Waals surface area contributed by atoms with Crippen LogP contribution in [-0.4, -0.2) is 47.9 Å². The summed E-state index contributed by atoms with van der Waals surface area (Å²) in [6, 6.07) is 0. The topological polar surface area (TPSA) is 107 Å². The molecule has 13 heavy (non-hydrogen) atoms. The van der Waals surface area contributed by atoms with Crippen molar-refractivity contribution in [3.63, 3.8) is 0 Å². The molecule has 8 heteroatoms. The molecule has 6 nitrogen and oxygen atoms in total. The molecule has 0 aromatic carbocycles. The molecule has 0 aromatic rings. The van der Waals surface area contributed by atoms with Gasteiger partial charge in [0.05, 0.1) is 22.5 Å². The molecule has 0 heterocycles. The standard InChI is InChI=1S/C5H12O6S.Na/c1-4(6)5(7)11-2-3-12(8,9)10;/h4-7H,2-3H2,1H3,(H,8,9,10);/q;+1/p-1. The number of hydrogen-bond donors (Lipinski definition) is 2. The van der Waals surface area contributed by atoms with Crippen molar-refractivity contribution in [2.75, 3.05) is 12.4 Å². The van der Waals surface area contributed by atoms with Gasteiger partial charge in [-0.05, 0) is 6.92 Å². The van der Waals surface area contributed by atoms with Gasteiger partial charge in [-0.25, -0.2) is 8.42 Å². The summed E-state index contributed by atoms with van der Waals surface area (Å²) >= 11 is 0. The van der Waals surface area contributed by atoms with E-state index in [1.165, 1.54) is 6.92 Å². The van der Waals surface area contributed by atoms with E-state index in [9.17, 15) is 13.0 Å². The minimum Gasteiger partial charge on any atom is -0.748 e. The maximum Gasteiger partial charge on any atom is 1.00 e. The molecule has 0 spiro atoms. The van der Waals surface area contributed by atoms with Gasteiger partial charge in [0.25, 0.3) is 0 Å². The molecule has 2 unspecified atom stereocenters. The first-order chi connectivity index (χ1) is 5.33. The van der Waals surface area contributed by atoms with Crippen molar-refractivity contribution in [2.45, 2.75) is 19.3 Å². The summed E-state index contributed by atoms with van der Waals surface area (Å²) in [4.78, 5) is 0. The second-order valence-electron chi connectivity index (χ2n) is 2.26. The predicted octanol–water partition coefficient (Wildman–Crippen LogP) is -4.75. The van der Waals surface area contributed by atoms with Crippen LogP contribution in [0.2, 0.25) is 0 Å². The fourth-order valence-corrected chi connectivity index (χ4v) is 0.711. The zero-order chi connectivity index (χ0) is 9.78. The average Bonchev–Trinajstić information content (AvgIpc) is 1.84. The Labute approximate surface area is 98.9 Å². The van der Waals surface area contributed by atoms with Crippen LogP contribution >= 0.6 is 0 Å². The molecule has 0 fully saturated rings. The first kappa shape index (κ1) is 16.2. The van der Waals surface area contributed by atoms with Crippen molar-refractivity contribution in [3.8, 4) is 0 Å². The first-order valence-electron chi connectivity index (χ1n) is 3.24. The maximum absolute atomic E-state index is 10.0. The van der Waals surface area contributed by atoms with E-state index in [4.69, 9.17) is 10.2 Å². The van der Waals surface area contributed by atoms with Crippen molar-refractivity contribution < 1.29 is 57.5 Å². The van der Waals surface area contributed by atoms with Crippen molar-refractivity contribution in [1.29, 1.82) is 0 Å². The van der Waals surface area contributed by atoms with E-state index in [1.807, 2.05) is 0 Å². The number of ether oxygens (including phenoxy) is 1. The molecule has 0 bridgehead atoms. The summed E-state index contributed by atoms with van der Waals surface area (Å²) in [5.74, 6) is -0.712. The summed E-state index contributed by atoms with van der Waals surface area (Å²) < 4.78 is 34.4. The Hall–Kier alpha value is 0.790. The van der Waals surface area contributed by atoms with Gasteiger partial charge in [-0.15, -0.1) is 0 Å². The Bertz CT molecular complexity index is 213. The zero-order valence-electron chi connectivity index (χ0n) is 7.50. The van der Waals surface area contributed by atoms with Crippen LogP contribution in [0.15, 0.2) is 0 Å². The molecule has 2 atom stereocenters. The van der Waals surface area contributed by atoms with E-state index in [0.29, 0.717) is 0 Å². The number of aliphatic hydroxyl groups is 2. The van der Waals surface area contributed by atoms with E-state index in [1.54, 1.807) is 0 Å². The summed E-state index contributed by atoms with van der Waals surface area (Å²) in [5, 5.41) is 17.4. The van der Waals surface area contributed by atoms with Crippen molar-refractivity contribution in [2.24, 2.45) is 0 Å². The molecule has 0 aromatic heterocycles. The Morgan fingerprint density at radius 1 is 1.46 bits per heavy atom. The van der Waals surface area contributed by atoms with Gasteiger partial charge in [0, 0.05) is 0 Å². The minimum atomic E-state index is -4.31.